The SMILES string of the molecule is NS(=O)(=O)c1ccc(CNS(=O)(=O)C2CCCC2)cc1. The Morgan fingerprint density at radius 1 is 1.05 bits per heavy atom. The van der Waals surface area contributed by atoms with Crippen LogP contribution in [0.1, 0.15) is 31.2 Å². The smallest absolute Gasteiger partial charge is 0.225 e. The molecule has 0 unspecified atom stereocenters. The highest BCUT2D eigenvalue weighted by Crippen LogP contribution is 2.24. The van der Waals surface area contributed by atoms with E-state index in [0.29, 0.717) is 18.4 Å². The van der Waals surface area contributed by atoms with Crippen molar-refractivity contribution in [2.75, 3.05) is 0 Å². The Hall–Kier alpha value is -0.960. The van der Waals surface area contributed by atoms with Gasteiger partial charge in [0.2, 0.25) is 20.0 Å². The molecular formula is C12H18N2O4S2. The number of hydrogen-bond acceptors (Lipinski definition) is 4. The van der Waals surface area contributed by atoms with Crippen LogP contribution >= 0.6 is 0 Å². The van der Waals surface area contributed by atoms with Gasteiger partial charge in [-0.3, -0.25) is 0 Å². The minimum absolute atomic E-state index is 0.0138. The Morgan fingerprint density at radius 2 is 1.60 bits per heavy atom. The van der Waals surface area contributed by atoms with Gasteiger partial charge >= 0.3 is 0 Å². The molecule has 0 bridgehead atoms. The molecule has 0 aliphatic heterocycles. The molecule has 1 aliphatic rings. The van der Waals surface area contributed by atoms with Crippen LogP contribution in [0.4, 0.5) is 0 Å². The van der Waals surface area contributed by atoms with E-state index in [0.717, 1.165) is 12.8 Å². The van der Waals surface area contributed by atoms with Gasteiger partial charge in [-0.05, 0) is 30.5 Å². The highest BCUT2D eigenvalue weighted by Gasteiger charge is 2.28. The average molecular weight is 318 g/mol. The van der Waals surface area contributed by atoms with Crippen molar-refractivity contribution in [1.82, 2.24) is 4.72 Å². The predicted octanol–water partition coefficient (Wildman–Crippen LogP) is 0.696. The lowest BCUT2D eigenvalue weighted by atomic mass is 10.2. The molecule has 1 fully saturated rings. The summed E-state index contributed by atoms with van der Waals surface area (Å²) in [6.07, 6.45) is 3.32. The molecule has 3 N–H and O–H groups in total. The second-order valence-corrected chi connectivity index (χ2v) is 8.57. The quantitative estimate of drug-likeness (QED) is 0.833. The van der Waals surface area contributed by atoms with Crippen molar-refractivity contribution in [3.05, 3.63) is 29.8 Å². The zero-order chi connectivity index (χ0) is 14.8. The molecule has 0 atom stereocenters. The molecule has 2 rings (SSSR count). The highest BCUT2D eigenvalue weighted by atomic mass is 32.2. The van der Waals surface area contributed by atoms with Crippen molar-refractivity contribution in [3.63, 3.8) is 0 Å². The van der Waals surface area contributed by atoms with Crippen molar-refractivity contribution >= 4 is 20.0 Å². The summed E-state index contributed by atoms with van der Waals surface area (Å²) in [5, 5.41) is 4.69. The van der Waals surface area contributed by atoms with Crippen molar-refractivity contribution in [3.8, 4) is 0 Å². The zero-order valence-electron chi connectivity index (χ0n) is 10.9. The minimum Gasteiger partial charge on any atom is -0.225 e. The van der Waals surface area contributed by atoms with E-state index >= 15 is 0 Å². The first-order chi connectivity index (χ1) is 9.29. The first kappa shape index (κ1) is 15.4. The number of rotatable bonds is 5. The van der Waals surface area contributed by atoms with Gasteiger partial charge in [-0.1, -0.05) is 25.0 Å². The molecule has 1 aromatic carbocycles. The third-order valence-corrected chi connectivity index (χ3v) is 6.30. The van der Waals surface area contributed by atoms with Gasteiger partial charge in [0.15, 0.2) is 0 Å². The summed E-state index contributed by atoms with van der Waals surface area (Å²) in [5.74, 6) is 0. The van der Waals surface area contributed by atoms with Crippen LogP contribution in [0, 0.1) is 0 Å². The fourth-order valence-electron chi connectivity index (χ4n) is 2.30. The average Bonchev–Trinajstić information content (AvgIpc) is 2.90. The molecule has 0 saturated heterocycles. The maximum absolute atomic E-state index is 12.0. The van der Waals surface area contributed by atoms with Crippen LogP contribution in [0.5, 0.6) is 0 Å². The molecule has 112 valence electrons. The molecule has 0 heterocycles. The molecule has 1 aliphatic carbocycles. The molecule has 1 aromatic rings. The molecule has 20 heavy (non-hydrogen) atoms. The molecule has 0 aromatic heterocycles. The van der Waals surface area contributed by atoms with Crippen LogP contribution in [-0.4, -0.2) is 22.1 Å². The van der Waals surface area contributed by atoms with E-state index < -0.39 is 20.0 Å². The highest BCUT2D eigenvalue weighted by molar-refractivity contribution is 7.90. The van der Waals surface area contributed by atoms with Crippen molar-refractivity contribution in [2.24, 2.45) is 5.14 Å². The largest absolute Gasteiger partial charge is 0.238 e. The number of nitrogens with two attached hydrogens (primary N) is 1. The van der Waals surface area contributed by atoms with Crippen molar-refractivity contribution < 1.29 is 16.8 Å². The summed E-state index contributed by atoms with van der Waals surface area (Å²) in [6, 6.07) is 5.84. The lowest BCUT2D eigenvalue weighted by Gasteiger charge is -2.12. The van der Waals surface area contributed by atoms with Crippen LogP contribution in [0.2, 0.25) is 0 Å². The van der Waals surface area contributed by atoms with Crippen LogP contribution in [0.15, 0.2) is 29.2 Å². The van der Waals surface area contributed by atoms with Gasteiger partial charge in [0.25, 0.3) is 0 Å². The summed E-state index contributed by atoms with van der Waals surface area (Å²) in [7, 11) is -7.00. The van der Waals surface area contributed by atoms with E-state index in [1.54, 1.807) is 12.1 Å². The molecule has 0 radical (unpaired) electrons. The van der Waals surface area contributed by atoms with E-state index in [1.165, 1.54) is 12.1 Å². The third kappa shape index (κ3) is 3.78. The van der Waals surface area contributed by atoms with Gasteiger partial charge in [0.1, 0.15) is 0 Å². The number of benzene rings is 1. The fraction of sp³-hybridized carbons (Fsp3) is 0.500. The lowest BCUT2D eigenvalue weighted by Crippen LogP contribution is -2.32. The van der Waals surface area contributed by atoms with Crippen LogP contribution in [-0.2, 0) is 26.6 Å². The summed E-state index contributed by atoms with van der Waals surface area (Å²) in [6.45, 7) is 0.156. The Bertz CT molecular complexity index is 660. The molecule has 0 spiro atoms. The molecule has 8 heteroatoms. The van der Waals surface area contributed by atoms with Crippen molar-refractivity contribution in [2.45, 2.75) is 42.4 Å². The van der Waals surface area contributed by atoms with E-state index in [4.69, 9.17) is 5.14 Å². The summed E-state index contributed by atoms with van der Waals surface area (Å²) < 4.78 is 48.8. The lowest BCUT2D eigenvalue weighted by molar-refractivity contribution is 0.564. The second-order valence-electron chi connectivity index (χ2n) is 4.96. The van der Waals surface area contributed by atoms with Gasteiger partial charge in [0, 0.05) is 6.54 Å². The monoisotopic (exact) mass is 318 g/mol. The summed E-state index contributed by atoms with van der Waals surface area (Å²) >= 11 is 0. The summed E-state index contributed by atoms with van der Waals surface area (Å²) in [4.78, 5) is 0.0138. The van der Waals surface area contributed by atoms with E-state index in [9.17, 15) is 16.8 Å². The Kier molecular flexibility index (Phi) is 4.48. The Morgan fingerprint density at radius 3 is 2.10 bits per heavy atom. The number of sulfonamides is 2. The van der Waals surface area contributed by atoms with Gasteiger partial charge in [-0.15, -0.1) is 0 Å². The molecule has 0 amide bonds. The molecule has 6 nitrogen and oxygen atoms in total. The standard InChI is InChI=1S/C12H18N2O4S2/c13-19(15,16)11-7-5-10(6-8-11)9-14-20(17,18)12-3-1-2-4-12/h5-8,12,14H,1-4,9H2,(H2,13,15,16). The Labute approximate surface area is 119 Å². The van der Waals surface area contributed by atoms with Crippen LogP contribution < -0.4 is 9.86 Å². The van der Waals surface area contributed by atoms with Crippen LogP contribution in [0.25, 0.3) is 0 Å². The predicted molar refractivity (Wildman–Crippen MR) is 75.8 cm³/mol. The van der Waals surface area contributed by atoms with Crippen LogP contribution in [0.3, 0.4) is 0 Å². The minimum atomic E-state index is -3.71. The fourth-order valence-corrected chi connectivity index (χ4v) is 4.37. The van der Waals surface area contributed by atoms with Gasteiger partial charge in [0.05, 0.1) is 10.1 Å². The first-order valence-electron chi connectivity index (χ1n) is 6.39. The third-order valence-electron chi connectivity index (χ3n) is 3.47. The van der Waals surface area contributed by atoms with E-state index in [2.05, 4.69) is 4.72 Å². The first-order valence-corrected chi connectivity index (χ1v) is 9.48. The normalized spacial score (nSPS) is 17.4. The number of nitrogens with one attached hydrogen (secondary N) is 1. The summed E-state index contributed by atoms with van der Waals surface area (Å²) in [5.41, 5.74) is 0.693. The van der Waals surface area contributed by atoms with Gasteiger partial charge < -0.3 is 0 Å². The Balaban J connectivity index is 2.01. The molecular weight excluding hydrogens is 300 g/mol. The maximum Gasteiger partial charge on any atom is 0.238 e. The second kappa shape index (κ2) is 5.80. The van der Waals surface area contributed by atoms with Gasteiger partial charge in [-0.2, -0.15) is 0 Å². The zero-order valence-corrected chi connectivity index (χ0v) is 12.6. The van der Waals surface area contributed by atoms with Crippen molar-refractivity contribution in [1.29, 1.82) is 0 Å². The maximum atomic E-state index is 12.0. The van der Waals surface area contributed by atoms with E-state index in [-0.39, 0.29) is 16.7 Å². The number of primary sulfonamides is 1. The number of hydrogen-bond donors (Lipinski definition) is 2. The topological polar surface area (TPSA) is 106 Å². The van der Waals surface area contributed by atoms with E-state index in [1.807, 2.05) is 0 Å². The molecule has 1 saturated carbocycles. The van der Waals surface area contributed by atoms with Gasteiger partial charge in [-0.25, -0.2) is 26.7 Å².